The monoisotopic (exact) mass is 453 g/mol. The van der Waals surface area contributed by atoms with Crippen LogP contribution in [0.4, 0.5) is 0 Å². The van der Waals surface area contributed by atoms with Gasteiger partial charge in [0.2, 0.25) is 0 Å². The van der Waals surface area contributed by atoms with Crippen molar-refractivity contribution in [3.63, 3.8) is 0 Å². The highest BCUT2D eigenvalue weighted by molar-refractivity contribution is 5.75. The summed E-state index contributed by atoms with van der Waals surface area (Å²) in [7, 11) is 3.18. The van der Waals surface area contributed by atoms with Crippen LogP contribution in [0.5, 0.6) is 11.5 Å². The van der Waals surface area contributed by atoms with Crippen molar-refractivity contribution >= 4 is 17.0 Å². The Kier molecular flexibility index (Phi) is 6.74. The molecule has 176 valence electrons. The van der Waals surface area contributed by atoms with Crippen molar-refractivity contribution in [3.05, 3.63) is 58.5 Å². The maximum atomic E-state index is 12.6. The minimum atomic E-state index is -0.449. The highest BCUT2D eigenvalue weighted by Gasteiger charge is 2.32. The fourth-order valence-electron chi connectivity index (χ4n) is 4.83. The van der Waals surface area contributed by atoms with Gasteiger partial charge in [-0.3, -0.25) is 14.3 Å². The molecule has 1 aliphatic heterocycles. The number of H-pyrrole nitrogens is 1. The van der Waals surface area contributed by atoms with Crippen LogP contribution in [0.1, 0.15) is 44.4 Å². The molecule has 2 atom stereocenters. The summed E-state index contributed by atoms with van der Waals surface area (Å²) in [4.78, 5) is 29.8. The highest BCUT2D eigenvalue weighted by Crippen LogP contribution is 2.35. The van der Waals surface area contributed by atoms with Gasteiger partial charge in [0.1, 0.15) is 6.10 Å². The molecule has 0 radical (unpaired) electrons. The van der Waals surface area contributed by atoms with Crippen LogP contribution in [0.3, 0.4) is 0 Å². The van der Waals surface area contributed by atoms with Crippen molar-refractivity contribution in [1.82, 2.24) is 14.5 Å². The molecule has 0 bridgehead atoms. The molecule has 1 fully saturated rings. The number of nitrogens with one attached hydrogen (secondary N) is 1. The minimum absolute atomic E-state index is 0.0485. The van der Waals surface area contributed by atoms with Crippen LogP contribution in [0.15, 0.2) is 47.3 Å². The van der Waals surface area contributed by atoms with Crippen LogP contribution in [0.25, 0.3) is 11.0 Å². The number of aromatic nitrogens is 2. The Morgan fingerprint density at radius 3 is 2.42 bits per heavy atom. The summed E-state index contributed by atoms with van der Waals surface area (Å²) >= 11 is 0. The maximum absolute atomic E-state index is 12.6. The molecule has 33 heavy (non-hydrogen) atoms. The molecule has 0 saturated carbocycles. The Labute approximate surface area is 193 Å². The van der Waals surface area contributed by atoms with Gasteiger partial charge in [-0.2, -0.15) is 0 Å². The number of imidazole rings is 1. The normalized spacial score (nSPS) is 17.0. The molecule has 8 nitrogen and oxygen atoms in total. The van der Waals surface area contributed by atoms with Crippen LogP contribution in [0.2, 0.25) is 0 Å². The number of hydrogen-bond donors (Lipinski definition) is 1. The summed E-state index contributed by atoms with van der Waals surface area (Å²) < 4.78 is 18.4. The van der Waals surface area contributed by atoms with Crippen molar-refractivity contribution in [2.24, 2.45) is 0 Å². The number of para-hydroxylation sites is 2. The van der Waals surface area contributed by atoms with Gasteiger partial charge in [0.15, 0.2) is 11.5 Å². The lowest BCUT2D eigenvalue weighted by Gasteiger charge is -2.39. The SMILES string of the molecule is COc1ccc(C(OC(C)=O)C(C)N2CCC(n3c(=O)[nH]c4ccccc43)CC2)cc1OC. The second-order valence-electron chi connectivity index (χ2n) is 8.47. The number of aromatic amines is 1. The molecule has 1 saturated heterocycles. The van der Waals surface area contributed by atoms with E-state index in [0.717, 1.165) is 42.5 Å². The Balaban J connectivity index is 1.53. The number of esters is 1. The molecule has 2 unspecified atom stereocenters. The number of likely N-dealkylation sites (tertiary alicyclic amines) is 1. The molecule has 2 heterocycles. The first-order valence-electron chi connectivity index (χ1n) is 11.3. The average molecular weight is 454 g/mol. The lowest BCUT2D eigenvalue weighted by atomic mass is 9.97. The van der Waals surface area contributed by atoms with Gasteiger partial charge in [-0.15, -0.1) is 0 Å². The number of fused-ring (bicyclic) bond motifs is 1. The van der Waals surface area contributed by atoms with E-state index in [2.05, 4.69) is 16.8 Å². The van der Waals surface area contributed by atoms with Gasteiger partial charge in [0.25, 0.3) is 0 Å². The third-order valence-electron chi connectivity index (χ3n) is 6.53. The second kappa shape index (κ2) is 9.70. The van der Waals surface area contributed by atoms with Crippen LogP contribution < -0.4 is 15.2 Å². The summed E-state index contributed by atoms with van der Waals surface area (Å²) in [5.74, 6) is 0.888. The van der Waals surface area contributed by atoms with E-state index in [1.807, 2.05) is 47.0 Å². The van der Waals surface area contributed by atoms with Crippen molar-refractivity contribution in [3.8, 4) is 11.5 Å². The van der Waals surface area contributed by atoms with Gasteiger partial charge in [-0.1, -0.05) is 18.2 Å². The lowest BCUT2D eigenvalue weighted by molar-refractivity contribution is -0.150. The van der Waals surface area contributed by atoms with Crippen LogP contribution in [-0.2, 0) is 9.53 Å². The van der Waals surface area contributed by atoms with E-state index in [9.17, 15) is 9.59 Å². The Hall–Kier alpha value is -3.26. The predicted octanol–water partition coefficient (Wildman–Crippen LogP) is 3.68. The molecule has 3 aromatic rings. The average Bonchev–Trinajstić information content (AvgIpc) is 3.17. The molecule has 0 spiro atoms. The molecular weight excluding hydrogens is 422 g/mol. The number of piperidine rings is 1. The number of benzene rings is 2. The quantitative estimate of drug-likeness (QED) is 0.550. The molecule has 1 N–H and O–H groups in total. The Morgan fingerprint density at radius 1 is 1.06 bits per heavy atom. The van der Waals surface area contributed by atoms with Gasteiger partial charge < -0.3 is 19.2 Å². The van der Waals surface area contributed by atoms with Gasteiger partial charge >= 0.3 is 11.7 Å². The topological polar surface area (TPSA) is 85.8 Å². The molecule has 1 aliphatic rings. The van der Waals surface area contributed by atoms with Crippen molar-refractivity contribution in [1.29, 1.82) is 0 Å². The smallest absolute Gasteiger partial charge is 0.326 e. The summed E-state index contributed by atoms with van der Waals surface area (Å²) in [6, 6.07) is 13.5. The van der Waals surface area contributed by atoms with E-state index in [-0.39, 0.29) is 23.7 Å². The Morgan fingerprint density at radius 2 is 1.76 bits per heavy atom. The highest BCUT2D eigenvalue weighted by atomic mass is 16.5. The van der Waals surface area contributed by atoms with E-state index in [1.165, 1.54) is 6.92 Å². The molecule has 0 aliphatic carbocycles. The van der Waals surface area contributed by atoms with E-state index in [1.54, 1.807) is 14.2 Å². The first kappa shape index (κ1) is 22.9. The number of methoxy groups -OCH3 is 2. The maximum Gasteiger partial charge on any atom is 0.326 e. The third-order valence-corrected chi connectivity index (χ3v) is 6.53. The van der Waals surface area contributed by atoms with E-state index < -0.39 is 6.10 Å². The molecule has 8 heteroatoms. The summed E-state index contributed by atoms with van der Waals surface area (Å²) in [5.41, 5.74) is 2.59. The van der Waals surface area contributed by atoms with Crippen LogP contribution in [0, 0.1) is 0 Å². The molecular formula is C25H31N3O5. The van der Waals surface area contributed by atoms with Gasteiger partial charge in [0.05, 0.1) is 25.3 Å². The number of carbonyl (C=O) groups is 1. The number of ether oxygens (including phenoxy) is 3. The minimum Gasteiger partial charge on any atom is -0.493 e. The molecule has 1 aromatic heterocycles. The first-order valence-corrected chi connectivity index (χ1v) is 11.3. The van der Waals surface area contributed by atoms with Crippen molar-refractivity contribution in [2.75, 3.05) is 27.3 Å². The number of rotatable bonds is 7. The van der Waals surface area contributed by atoms with Gasteiger partial charge in [0, 0.05) is 32.1 Å². The van der Waals surface area contributed by atoms with Gasteiger partial charge in [-0.05, 0) is 49.6 Å². The van der Waals surface area contributed by atoms with Gasteiger partial charge in [-0.25, -0.2) is 4.79 Å². The summed E-state index contributed by atoms with van der Waals surface area (Å²) in [6.45, 7) is 5.09. The van der Waals surface area contributed by atoms with Crippen LogP contribution >= 0.6 is 0 Å². The molecule has 2 aromatic carbocycles. The van der Waals surface area contributed by atoms with Crippen molar-refractivity contribution in [2.45, 2.75) is 44.9 Å². The molecule has 0 amide bonds. The van der Waals surface area contributed by atoms with Crippen LogP contribution in [-0.4, -0.2) is 53.8 Å². The standard InChI is InChI=1S/C25H31N3O5/c1-16(24(33-17(2)29)18-9-10-22(31-3)23(15-18)32-4)27-13-11-19(12-14-27)28-21-8-6-5-7-20(21)26-25(28)30/h5-10,15-16,19,24H,11-14H2,1-4H3,(H,26,30). The molecule has 4 rings (SSSR count). The zero-order chi connectivity index (χ0) is 23.5. The van der Waals surface area contributed by atoms with E-state index in [4.69, 9.17) is 14.2 Å². The summed E-state index contributed by atoms with van der Waals surface area (Å²) in [6.07, 6.45) is 1.23. The zero-order valence-electron chi connectivity index (χ0n) is 19.5. The first-order chi connectivity index (χ1) is 15.9. The predicted molar refractivity (Wildman–Crippen MR) is 126 cm³/mol. The van der Waals surface area contributed by atoms with Crippen molar-refractivity contribution < 1.29 is 19.0 Å². The number of carbonyl (C=O) groups excluding carboxylic acids is 1. The summed E-state index contributed by atoms with van der Waals surface area (Å²) in [5, 5.41) is 0. The van der Waals surface area contributed by atoms with E-state index in [0.29, 0.717) is 11.5 Å². The third kappa shape index (κ3) is 4.61. The largest absolute Gasteiger partial charge is 0.493 e. The fraction of sp³-hybridized carbons (Fsp3) is 0.440. The Bertz CT molecular complexity index is 1180. The zero-order valence-corrected chi connectivity index (χ0v) is 19.5. The fourth-order valence-corrected chi connectivity index (χ4v) is 4.83. The van der Waals surface area contributed by atoms with E-state index >= 15 is 0 Å². The number of nitrogens with zero attached hydrogens (tertiary/aromatic N) is 2. The lowest BCUT2D eigenvalue weighted by Crippen LogP contribution is -2.45. The second-order valence-corrected chi connectivity index (χ2v) is 8.47. The number of hydrogen-bond acceptors (Lipinski definition) is 6.